The minimum Gasteiger partial charge on any atom is -0.465 e. The van der Waals surface area contributed by atoms with Gasteiger partial charge in [0.15, 0.2) is 24.1 Å². The Morgan fingerprint density at radius 1 is 0.738 bits per heavy atom. The van der Waals surface area contributed by atoms with Crippen LogP contribution in [-0.2, 0) is 42.1 Å². The van der Waals surface area contributed by atoms with Crippen molar-refractivity contribution in [2.45, 2.75) is 70.1 Å². The second kappa shape index (κ2) is 15.0. The van der Waals surface area contributed by atoms with Gasteiger partial charge in [0, 0.05) is 27.1 Å². The summed E-state index contributed by atoms with van der Waals surface area (Å²) in [7, 11) is -0.436. The molecule has 2 unspecified atom stereocenters. The van der Waals surface area contributed by atoms with Crippen LogP contribution >= 0.6 is 7.60 Å². The average molecular weight is 597 g/mol. The highest BCUT2D eigenvalue weighted by molar-refractivity contribution is 7.52. The third-order valence-corrected chi connectivity index (χ3v) is 9.38. The molecule has 2 aliphatic heterocycles. The van der Waals surface area contributed by atoms with Gasteiger partial charge in [-0.3, -0.25) is 4.57 Å². The van der Waals surface area contributed by atoms with Crippen molar-refractivity contribution < 1.29 is 37.3 Å². The highest BCUT2D eigenvalue weighted by Crippen LogP contribution is 2.50. The molecular formula is C33H41O8P. The lowest BCUT2D eigenvalue weighted by molar-refractivity contribution is -0.106. The second-order valence-corrected chi connectivity index (χ2v) is 12.9. The molecule has 0 bridgehead atoms. The SMILES string of the molecule is COP(=O)(Cc1cccc(Oc2c(CCc3ccc(OC4CCCCO4)cc3)cccc2OC2CCCCO2)c1)OC. The molecule has 0 radical (unpaired) electrons. The van der Waals surface area contributed by atoms with Gasteiger partial charge in [-0.1, -0.05) is 36.4 Å². The summed E-state index contributed by atoms with van der Waals surface area (Å²) in [6, 6.07) is 21.7. The maximum Gasteiger partial charge on any atom is 0.334 e. The molecule has 2 saturated heterocycles. The molecule has 2 atom stereocenters. The fraction of sp³-hybridized carbons (Fsp3) is 0.455. The molecule has 3 aromatic rings. The summed E-state index contributed by atoms with van der Waals surface area (Å²) >= 11 is 0. The van der Waals surface area contributed by atoms with Crippen molar-refractivity contribution in [1.82, 2.24) is 0 Å². The Bertz CT molecular complexity index is 1310. The zero-order valence-corrected chi connectivity index (χ0v) is 25.4. The van der Waals surface area contributed by atoms with E-state index in [1.54, 1.807) is 0 Å². The summed E-state index contributed by atoms with van der Waals surface area (Å²) in [5.41, 5.74) is 3.00. The van der Waals surface area contributed by atoms with Gasteiger partial charge in [0.1, 0.15) is 11.5 Å². The molecular weight excluding hydrogens is 555 g/mol. The van der Waals surface area contributed by atoms with Crippen molar-refractivity contribution in [2.24, 2.45) is 0 Å². The predicted octanol–water partition coefficient (Wildman–Crippen LogP) is 8.06. The maximum absolute atomic E-state index is 12.7. The van der Waals surface area contributed by atoms with Gasteiger partial charge >= 0.3 is 7.60 Å². The van der Waals surface area contributed by atoms with Crippen LogP contribution in [0.4, 0.5) is 0 Å². The summed E-state index contributed by atoms with van der Waals surface area (Å²) in [6.45, 7) is 1.45. The van der Waals surface area contributed by atoms with E-state index in [9.17, 15) is 4.57 Å². The normalized spacial score (nSPS) is 19.3. The number of hydrogen-bond donors (Lipinski definition) is 0. The minimum atomic E-state index is -3.22. The minimum absolute atomic E-state index is 0.144. The Hall–Kier alpha value is -2.87. The van der Waals surface area contributed by atoms with E-state index >= 15 is 0 Å². The fourth-order valence-electron chi connectivity index (χ4n) is 5.13. The molecule has 0 amide bonds. The number of para-hydroxylation sites is 1. The topological polar surface area (TPSA) is 81.7 Å². The Morgan fingerprint density at radius 2 is 1.43 bits per heavy atom. The third kappa shape index (κ3) is 8.59. The Labute approximate surface area is 248 Å². The van der Waals surface area contributed by atoms with Crippen LogP contribution in [0.3, 0.4) is 0 Å². The Balaban J connectivity index is 1.33. The van der Waals surface area contributed by atoms with E-state index in [2.05, 4.69) is 18.2 Å². The molecule has 2 heterocycles. The van der Waals surface area contributed by atoms with Gasteiger partial charge in [0.2, 0.25) is 0 Å². The molecule has 0 aromatic heterocycles. The molecule has 3 aromatic carbocycles. The van der Waals surface area contributed by atoms with Gasteiger partial charge in [0.05, 0.1) is 19.4 Å². The van der Waals surface area contributed by atoms with E-state index in [0.717, 1.165) is 74.8 Å². The first-order valence-electron chi connectivity index (χ1n) is 14.8. The summed E-state index contributed by atoms with van der Waals surface area (Å²) in [4.78, 5) is 0. The average Bonchev–Trinajstić information content (AvgIpc) is 3.03. The summed E-state index contributed by atoms with van der Waals surface area (Å²) in [5, 5.41) is 0. The number of rotatable bonds is 13. The number of benzene rings is 3. The highest BCUT2D eigenvalue weighted by atomic mass is 31.2. The molecule has 8 nitrogen and oxygen atoms in total. The first kappa shape index (κ1) is 30.6. The van der Waals surface area contributed by atoms with E-state index in [4.69, 9.17) is 32.7 Å². The van der Waals surface area contributed by atoms with Crippen LogP contribution in [0.25, 0.3) is 0 Å². The molecule has 2 fully saturated rings. The van der Waals surface area contributed by atoms with E-state index < -0.39 is 7.60 Å². The van der Waals surface area contributed by atoms with E-state index in [-0.39, 0.29) is 18.7 Å². The van der Waals surface area contributed by atoms with Crippen LogP contribution in [0, 0.1) is 0 Å². The Morgan fingerprint density at radius 3 is 2.10 bits per heavy atom. The largest absolute Gasteiger partial charge is 0.465 e. The lowest BCUT2D eigenvalue weighted by Crippen LogP contribution is -2.25. The first-order chi connectivity index (χ1) is 20.5. The molecule has 42 heavy (non-hydrogen) atoms. The van der Waals surface area contributed by atoms with Gasteiger partial charge in [-0.15, -0.1) is 0 Å². The highest BCUT2D eigenvalue weighted by Gasteiger charge is 2.23. The molecule has 0 N–H and O–H groups in total. The summed E-state index contributed by atoms with van der Waals surface area (Å²) in [5.74, 6) is 2.73. The molecule has 0 aliphatic carbocycles. The third-order valence-electron chi connectivity index (χ3n) is 7.52. The van der Waals surface area contributed by atoms with Crippen LogP contribution in [0.5, 0.6) is 23.0 Å². The molecule has 9 heteroatoms. The van der Waals surface area contributed by atoms with Crippen molar-refractivity contribution >= 4 is 7.60 Å². The molecule has 5 rings (SSSR count). The molecule has 0 spiro atoms. The van der Waals surface area contributed by atoms with Gasteiger partial charge < -0.3 is 32.7 Å². The monoisotopic (exact) mass is 596 g/mol. The van der Waals surface area contributed by atoms with Crippen LogP contribution in [0.2, 0.25) is 0 Å². The van der Waals surface area contributed by atoms with Gasteiger partial charge in [-0.25, -0.2) is 0 Å². The van der Waals surface area contributed by atoms with Crippen molar-refractivity contribution in [3.63, 3.8) is 0 Å². The van der Waals surface area contributed by atoms with Crippen LogP contribution in [-0.4, -0.2) is 40.0 Å². The number of ether oxygens (including phenoxy) is 5. The fourth-order valence-corrected chi connectivity index (χ4v) is 6.19. The molecule has 2 aliphatic rings. The number of aryl methyl sites for hydroxylation is 2. The van der Waals surface area contributed by atoms with Crippen LogP contribution in [0.15, 0.2) is 66.7 Å². The van der Waals surface area contributed by atoms with Crippen LogP contribution < -0.4 is 14.2 Å². The first-order valence-corrected chi connectivity index (χ1v) is 16.5. The summed E-state index contributed by atoms with van der Waals surface area (Å²) < 4.78 is 53.4. The zero-order chi connectivity index (χ0) is 29.2. The lowest BCUT2D eigenvalue weighted by atomic mass is 10.0. The van der Waals surface area contributed by atoms with Crippen molar-refractivity contribution in [2.75, 3.05) is 27.4 Å². The second-order valence-electron chi connectivity index (χ2n) is 10.6. The summed E-state index contributed by atoms with van der Waals surface area (Å²) in [6.07, 6.45) is 7.33. The van der Waals surface area contributed by atoms with Crippen molar-refractivity contribution in [1.29, 1.82) is 0 Å². The van der Waals surface area contributed by atoms with Gasteiger partial charge in [0.25, 0.3) is 0 Å². The van der Waals surface area contributed by atoms with Crippen molar-refractivity contribution in [3.05, 3.63) is 83.4 Å². The van der Waals surface area contributed by atoms with Crippen molar-refractivity contribution in [3.8, 4) is 23.0 Å². The standard InChI is InChI=1S/C33H41O8P/c1-35-42(34,36-2)24-26-9-7-11-29(23-26)40-33-27(10-8-12-30(33)41-32-14-4-6-22-38-32)18-15-25-16-19-28(20-17-25)39-31-13-3-5-21-37-31/h7-12,16-17,19-20,23,31-32H,3-6,13-15,18,21-22,24H2,1-2H3. The van der Waals surface area contributed by atoms with E-state index in [1.165, 1.54) is 19.8 Å². The van der Waals surface area contributed by atoms with Gasteiger partial charge in [-0.2, -0.15) is 0 Å². The number of hydrogen-bond acceptors (Lipinski definition) is 8. The lowest BCUT2D eigenvalue weighted by Gasteiger charge is -2.25. The predicted molar refractivity (Wildman–Crippen MR) is 161 cm³/mol. The van der Waals surface area contributed by atoms with Gasteiger partial charge in [-0.05, 0) is 85.5 Å². The quantitative estimate of drug-likeness (QED) is 0.183. The molecule has 0 saturated carbocycles. The van der Waals surface area contributed by atoms with E-state index in [1.807, 2.05) is 48.5 Å². The van der Waals surface area contributed by atoms with Crippen LogP contribution in [0.1, 0.15) is 55.2 Å². The zero-order valence-electron chi connectivity index (χ0n) is 24.5. The maximum atomic E-state index is 12.7. The smallest absolute Gasteiger partial charge is 0.334 e. The van der Waals surface area contributed by atoms with E-state index in [0.29, 0.717) is 23.9 Å². The Kier molecular flexibility index (Phi) is 10.9. The molecule has 226 valence electrons.